The Hall–Kier alpha value is -3.48. The van der Waals surface area contributed by atoms with Crippen LogP contribution in [0.4, 0.5) is 23.0 Å². The molecule has 2 heterocycles. The first kappa shape index (κ1) is 37.3. The highest BCUT2D eigenvalue weighted by Gasteiger charge is 2.12. The normalized spacial score (nSPS) is 11.5. The molecule has 0 radical (unpaired) electrons. The summed E-state index contributed by atoms with van der Waals surface area (Å²) in [7, 11) is 3.43. The third-order valence-corrected chi connectivity index (χ3v) is 10.6. The van der Waals surface area contributed by atoms with Crippen LogP contribution in [-0.4, -0.2) is 23.1 Å². The van der Waals surface area contributed by atoms with Crippen LogP contribution in [0.5, 0.6) is 0 Å². The predicted octanol–water partition coefficient (Wildman–Crippen LogP) is 13.2. The molecular weight excluding hydrogens is 625 g/mol. The number of rotatable bonds is 21. The molecule has 48 heavy (non-hydrogen) atoms. The van der Waals surface area contributed by atoms with Gasteiger partial charge in [-0.3, -0.25) is 0 Å². The molecule has 0 N–H and O–H groups in total. The third-order valence-electron chi connectivity index (χ3n) is 8.28. The first-order valence-corrected chi connectivity index (χ1v) is 20.0. The van der Waals surface area contributed by atoms with Gasteiger partial charge in [0.25, 0.3) is 0 Å². The molecule has 0 aliphatic heterocycles. The van der Waals surface area contributed by atoms with E-state index in [9.17, 15) is 0 Å². The maximum Gasteiger partial charge on any atom is 0.133 e. The van der Waals surface area contributed by atoms with E-state index in [0.717, 1.165) is 58.7 Å². The summed E-state index contributed by atoms with van der Waals surface area (Å²) in [6.07, 6.45) is 25.8. The molecule has 0 bridgehead atoms. The fourth-order valence-electron chi connectivity index (χ4n) is 5.34. The van der Waals surface area contributed by atoms with Crippen molar-refractivity contribution in [1.82, 2.24) is 9.97 Å². The number of hydrogen-bond donors (Lipinski definition) is 0. The lowest BCUT2D eigenvalue weighted by Gasteiger charge is -2.23. The zero-order chi connectivity index (χ0) is 33.8. The number of aromatic nitrogens is 2. The third kappa shape index (κ3) is 12.9. The van der Waals surface area contributed by atoms with Crippen molar-refractivity contribution in [1.29, 1.82) is 0 Å². The maximum absolute atomic E-state index is 4.89. The molecule has 254 valence electrons. The number of pyridine rings is 2. The lowest BCUT2D eigenvalue weighted by Crippen LogP contribution is -2.18. The van der Waals surface area contributed by atoms with Crippen LogP contribution < -0.4 is 9.80 Å². The van der Waals surface area contributed by atoms with Gasteiger partial charge in [-0.05, 0) is 88.1 Å². The van der Waals surface area contributed by atoms with Crippen LogP contribution in [0.25, 0.3) is 0 Å². The number of unbranched alkanes of at least 4 members (excludes halogenated alkanes) is 8. The van der Waals surface area contributed by atoms with Gasteiger partial charge in [-0.15, -0.1) is 0 Å². The Labute approximate surface area is 298 Å². The first-order chi connectivity index (χ1) is 23.6. The van der Waals surface area contributed by atoms with Crippen LogP contribution in [0.2, 0.25) is 0 Å². The van der Waals surface area contributed by atoms with Crippen molar-refractivity contribution in [2.24, 2.45) is 0 Å². The van der Waals surface area contributed by atoms with E-state index in [4.69, 9.17) is 9.97 Å². The molecule has 4 aromatic rings. The molecule has 0 atom stereocenters. The quantitative estimate of drug-likeness (QED) is 0.0495. The van der Waals surface area contributed by atoms with Gasteiger partial charge < -0.3 is 9.80 Å². The van der Waals surface area contributed by atoms with Gasteiger partial charge in [0.1, 0.15) is 11.6 Å². The summed E-state index contributed by atoms with van der Waals surface area (Å²) >= 11 is 0. The summed E-state index contributed by atoms with van der Waals surface area (Å²) in [6, 6.07) is 26.0. The van der Waals surface area contributed by atoms with E-state index in [2.05, 4.69) is 135 Å². The molecule has 0 unspecified atom stereocenters. The second-order valence-corrected chi connectivity index (χ2v) is 14.7. The van der Waals surface area contributed by atoms with Crippen molar-refractivity contribution in [2.45, 2.75) is 102 Å². The van der Waals surface area contributed by atoms with Crippen molar-refractivity contribution in [3.05, 3.63) is 121 Å². The Bertz CT molecular complexity index is 1380. The van der Waals surface area contributed by atoms with Crippen molar-refractivity contribution >= 4 is 44.6 Å². The summed E-state index contributed by atoms with van der Waals surface area (Å²) in [5.41, 5.74) is 4.84. The number of anilines is 4. The van der Waals surface area contributed by atoms with Crippen molar-refractivity contribution in [2.75, 3.05) is 22.9 Å². The van der Waals surface area contributed by atoms with Gasteiger partial charge in [0, 0.05) is 46.6 Å². The molecule has 4 rings (SSSR count). The molecule has 0 saturated carbocycles. The molecule has 0 amide bonds. The molecule has 6 heteroatoms. The zero-order valence-corrected chi connectivity index (χ0v) is 31.1. The minimum Gasteiger partial charge on any atom is -0.323 e. The van der Waals surface area contributed by atoms with Gasteiger partial charge >= 0.3 is 0 Å². The molecule has 0 aliphatic carbocycles. The largest absolute Gasteiger partial charge is 0.323 e. The number of allylic oxidation sites excluding steroid dienone is 2. The highest BCUT2D eigenvalue weighted by molar-refractivity contribution is 8.76. The van der Waals surface area contributed by atoms with Crippen molar-refractivity contribution in [3.8, 4) is 0 Å². The summed E-state index contributed by atoms with van der Waals surface area (Å²) in [5.74, 6) is 1.92. The van der Waals surface area contributed by atoms with Crippen molar-refractivity contribution < 1.29 is 0 Å². The minimum absolute atomic E-state index is 0.803. The van der Waals surface area contributed by atoms with E-state index in [-0.39, 0.29) is 0 Å². The fraction of sp³-hybridized carbons (Fsp3) is 0.381. The van der Waals surface area contributed by atoms with Crippen LogP contribution >= 0.6 is 21.6 Å². The van der Waals surface area contributed by atoms with Gasteiger partial charge in [-0.2, -0.15) is 0 Å². The van der Waals surface area contributed by atoms with Gasteiger partial charge in [0.15, 0.2) is 0 Å². The predicted molar refractivity (Wildman–Crippen MR) is 212 cm³/mol. The monoisotopic (exact) mass is 678 g/mol. The highest BCUT2D eigenvalue weighted by atomic mass is 33.1. The van der Waals surface area contributed by atoms with Crippen LogP contribution in [0.1, 0.15) is 89.2 Å². The van der Waals surface area contributed by atoms with E-state index in [1.807, 2.05) is 12.4 Å². The summed E-state index contributed by atoms with van der Waals surface area (Å²) in [6.45, 7) is 10.4. The van der Waals surface area contributed by atoms with Crippen molar-refractivity contribution in [3.63, 3.8) is 0 Å². The minimum atomic E-state index is 0.803. The van der Waals surface area contributed by atoms with E-state index < -0.39 is 0 Å². The smallest absolute Gasteiger partial charge is 0.133 e. The van der Waals surface area contributed by atoms with Crippen LogP contribution in [-0.2, 0) is 0 Å². The molecule has 0 spiro atoms. The fourth-order valence-corrected chi connectivity index (χ4v) is 7.14. The highest BCUT2D eigenvalue weighted by Crippen LogP contribution is 2.38. The van der Waals surface area contributed by atoms with E-state index in [1.165, 1.54) is 62.5 Å². The second-order valence-electron chi connectivity index (χ2n) is 12.4. The van der Waals surface area contributed by atoms with E-state index >= 15 is 0 Å². The Kier molecular flexibility index (Phi) is 16.7. The molecular formula is C42H54N4S2. The topological polar surface area (TPSA) is 32.3 Å². The zero-order valence-electron chi connectivity index (χ0n) is 29.5. The Morgan fingerprint density at radius 3 is 1.27 bits per heavy atom. The molecule has 4 nitrogen and oxygen atoms in total. The lowest BCUT2D eigenvalue weighted by molar-refractivity contribution is 0.674. The molecule has 0 aliphatic rings. The average Bonchev–Trinajstić information content (AvgIpc) is 3.11. The molecule has 0 fully saturated rings. The SMILES string of the molecule is CCCCCCC=CCN(c1ccc(C)cc1)c1ccc(SSc2ccc(N(CC=CCCCCCC)c3ccc(C)cc3)nc2)cn1. The average molecular weight is 679 g/mol. The summed E-state index contributed by atoms with van der Waals surface area (Å²) < 4.78 is 0. The number of hydrogen-bond acceptors (Lipinski definition) is 6. The molecule has 0 saturated heterocycles. The Morgan fingerprint density at radius 2 is 0.917 bits per heavy atom. The van der Waals surface area contributed by atoms with Gasteiger partial charge in [0.05, 0.1) is 0 Å². The van der Waals surface area contributed by atoms with E-state index in [1.54, 1.807) is 21.6 Å². The first-order valence-electron chi connectivity index (χ1n) is 17.8. The Balaban J connectivity index is 1.37. The van der Waals surface area contributed by atoms with E-state index in [0.29, 0.717) is 0 Å². The number of aryl methyl sites for hydroxylation is 2. The van der Waals surface area contributed by atoms with Crippen LogP contribution in [0.15, 0.2) is 119 Å². The second kappa shape index (κ2) is 21.5. The number of benzene rings is 2. The van der Waals surface area contributed by atoms with Gasteiger partial charge in [0.2, 0.25) is 0 Å². The number of nitrogens with zero attached hydrogens (tertiary/aromatic N) is 4. The van der Waals surface area contributed by atoms with Gasteiger partial charge in [-0.1, -0.05) is 134 Å². The Morgan fingerprint density at radius 1 is 0.500 bits per heavy atom. The standard InChI is InChI=1S/C42H54N4S2/c1-5-7-9-11-13-15-17-31-45(37-23-19-35(3)20-24-37)41-29-27-39(33-43-41)47-48-40-28-30-42(44-34-40)46(38-25-21-36(4)22-26-38)32-18-16-14-12-10-8-6-2/h15-30,33-34H,5-14,31-32H2,1-4H3. The molecule has 2 aromatic carbocycles. The summed E-state index contributed by atoms with van der Waals surface area (Å²) in [4.78, 5) is 16.6. The van der Waals surface area contributed by atoms with Crippen LogP contribution in [0.3, 0.4) is 0 Å². The van der Waals surface area contributed by atoms with Gasteiger partial charge in [-0.25, -0.2) is 9.97 Å². The maximum atomic E-state index is 4.89. The van der Waals surface area contributed by atoms with Crippen LogP contribution in [0, 0.1) is 13.8 Å². The molecule has 2 aromatic heterocycles. The summed E-state index contributed by atoms with van der Waals surface area (Å²) in [5, 5.41) is 0. The lowest BCUT2D eigenvalue weighted by atomic mass is 10.1.